The molecule has 1 heterocycles. The number of nitrogens with one attached hydrogen (secondary N) is 1. The van der Waals surface area contributed by atoms with Gasteiger partial charge in [0.15, 0.2) is 5.96 Å². The summed E-state index contributed by atoms with van der Waals surface area (Å²) in [7, 11) is 0. The topological polar surface area (TPSA) is 63.3 Å². The van der Waals surface area contributed by atoms with Crippen molar-refractivity contribution in [3.05, 3.63) is 30.1 Å². The SMILES string of the molecule is CC(C)CN=C(N)NCC(c1cccnc1)C(C)C. The third-order valence-electron chi connectivity index (χ3n) is 3.05. The first-order chi connectivity index (χ1) is 9.00. The van der Waals surface area contributed by atoms with Crippen LogP contribution in [0.1, 0.15) is 39.2 Å². The highest BCUT2D eigenvalue weighted by atomic mass is 15.1. The second-order valence-electron chi connectivity index (χ2n) is 5.64. The van der Waals surface area contributed by atoms with E-state index in [9.17, 15) is 0 Å². The third-order valence-corrected chi connectivity index (χ3v) is 3.05. The maximum Gasteiger partial charge on any atom is 0.188 e. The van der Waals surface area contributed by atoms with E-state index in [2.05, 4.69) is 49.1 Å². The number of nitrogens with two attached hydrogens (primary N) is 1. The molecule has 1 rings (SSSR count). The molecule has 106 valence electrons. The van der Waals surface area contributed by atoms with Crippen LogP contribution in [0.4, 0.5) is 0 Å². The van der Waals surface area contributed by atoms with E-state index in [1.165, 1.54) is 5.56 Å². The lowest BCUT2D eigenvalue weighted by Gasteiger charge is -2.21. The molecule has 3 N–H and O–H groups in total. The van der Waals surface area contributed by atoms with Crippen molar-refractivity contribution in [2.45, 2.75) is 33.6 Å². The highest BCUT2D eigenvalue weighted by Gasteiger charge is 2.15. The summed E-state index contributed by atoms with van der Waals surface area (Å²) in [6, 6.07) is 4.09. The molecule has 4 heteroatoms. The Labute approximate surface area is 116 Å². The molecule has 1 aromatic rings. The van der Waals surface area contributed by atoms with Crippen molar-refractivity contribution in [1.82, 2.24) is 10.3 Å². The molecular weight excluding hydrogens is 236 g/mol. The first kappa shape index (κ1) is 15.5. The molecule has 0 spiro atoms. The number of hydrogen-bond acceptors (Lipinski definition) is 2. The van der Waals surface area contributed by atoms with Crippen molar-refractivity contribution < 1.29 is 0 Å². The van der Waals surface area contributed by atoms with E-state index in [-0.39, 0.29) is 0 Å². The van der Waals surface area contributed by atoms with Gasteiger partial charge >= 0.3 is 0 Å². The van der Waals surface area contributed by atoms with Crippen LogP contribution in [-0.4, -0.2) is 24.0 Å². The van der Waals surface area contributed by atoms with Gasteiger partial charge in [-0.2, -0.15) is 0 Å². The molecule has 1 unspecified atom stereocenters. The Kier molecular flexibility index (Phi) is 6.33. The van der Waals surface area contributed by atoms with Crippen LogP contribution in [0.5, 0.6) is 0 Å². The Morgan fingerprint density at radius 1 is 1.37 bits per heavy atom. The van der Waals surface area contributed by atoms with Crippen LogP contribution in [0.2, 0.25) is 0 Å². The summed E-state index contributed by atoms with van der Waals surface area (Å²) in [6.07, 6.45) is 3.72. The Bertz CT molecular complexity index is 384. The Morgan fingerprint density at radius 3 is 2.63 bits per heavy atom. The Morgan fingerprint density at radius 2 is 2.11 bits per heavy atom. The van der Waals surface area contributed by atoms with Gasteiger partial charge in [-0.25, -0.2) is 0 Å². The number of aliphatic imine (C=N–C) groups is 1. The zero-order valence-electron chi connectivity index (χ0n) is 12.4. The van der Waals surface area contributed by atoms with Gasteiger partial charge < -0.3 is 11.1 Å². The largest absolute Gasteiger partial charge is 0.370 e. The molecule has 0 aliphatic carbocycles. The van der Waals surface area contributed by atoms with Gasteiger partial charge in [0, 0.05) is 31.4 Å². The zero-order chi connectivity index (χ0) is 14.3. The van der Waals surface area contributed by atoms with Gasteiger partial charge in [-0.3, -0.25) is 9.98 Å². The molecule has 1 atom stereocenters. The van der Waals surface area contributed by atoms with Gasteiger partial charge in [-0.05, 0) is 23.5 Å². The molecule has 0 aromatic carbocycles. The molecule has 1 aromatic heterocycles. The fourth-order valence-corrected chi connectivity index (χ4v) is 1.89. The average molecular weight is 262 g/mol. The van der Waals surface area contributed by atoms with E-state index in [0.717, 1.165) is 13.1 Å². The van der Waals surface area contributed by atoms with E-state index in [1.54, 1.807) is 6.20 Å². The van der Waals surface area contributed by atoms with Crippen molar-refractivity contribution >= 4 is 5.96 Å². The molecule has 4 nitrogen and oxygen atoms in total. The minimum absolute atomic E-state index is 0.390. The van der Waals surface area contributed by atoms with Crippen LogP contribution >= 0.6 is 0 Å². The second-order valence-corrected chi connectivity index (χ2v) is 5.64. The van der Waals surface area contributed by atoms with E-state index in [4.69, 9.17) is 5.73 Å². The van der Waals surface area contributed by atoms with Crippen LogP contribution in [0.25, 0.3) is 0 Å². The predicted molar refractivity (Wildman–Crippen MR) is 81.1 cm³/mol. The number of rotatable bonds is 6. The molecule has 0 aliphatic heterocycles. The van der Waals surface area contributed by atoms with Gasteiger partial charge in [0.1, 0.15) is 0 Å². The molecule has 0 bridgehead atoms. The summed E-state index contributed by atoms with van der Waals surface area (Å²) in [4.78, 5) is 8.50. The lowest BCUT2D eigenvalue weighted by molar-refractivity contribution is 0.488. The smallest absolute Gasteiger partial charge is 0.188 e. The highest BCUT2D eigenvalue weighted by molar-refractivity contribution is 5.77. The quantitative estimate of drug-likeness (QED) is 0.611. The Hall–Kier alpha value is -1.58. The number of pyridine rings is 1. The standard InChI is InChI=1S/C15H26N4/c1-11(2)8-18-15(16)19-10-14(12(3)4)13-6-5-7-17-9-13/h5-7,9,11-12,14H,8,10H2,1-4H3,(H3,16,18,19). The minimum Gasteiger partial charge on any atom is -0.370 e. The molecule has 0 saturated heterocycles. The van der Waals surface area contributed by atoms with Crippen molar-refractivity contribution in [2.75, 3.05) is 13.1 Å². The van der Waals surface area contributed by atoms with E-state index in [1.807, 2.05) is 12.3 Å². The van der Waals surface area contributed by atoms with Crippen LogP contribution in [0.15, 0.2) is 29.5 Å². The van der Waals surface area contributed by atoms with Gasteiger partial charge in [-0.1, -0.05) is 33.8 Å². The van der Waals surface area contributed by atoms with Crippen LogP contribution < -0.4 is 11.1 Å². The maximum atomic E-state index is 5.87. The molecule has 0 amide bonds. The normalized spacial score (nSPS) is 13.9. The number of guanidine groups is 1. The summed E-state index contributed by atoms with van der Waals surface area (Å²) >= 11 is 0. The van der Waals surface area contributed by atoms with Crippen molar-refractivity contribution in [2.24, 2.45) is 22.6 Å². The number of nitrogens with zero attached hydrogens (tertiary/aromatic N) is 2. The molecular formula is C15H26N4. The zero-order valence-corrected chi connectivity index (χ0v) is 12.4. The Balaban J connectivity index is 2.59. The van der Waals surface area contributed by atoms with E-state index in [0.29, 0.717) is 23.7 Å². The molecule has 0 fully saturated rings. The summed E-state index contributed by atoms with van der Waals surface area (Å²) in [5.74, 6) is 1.97. The molecule has 19 heavy (non-hydrogen) atoms. The van der Waals surface area contributed by atoms with Crippen molar-refractivity contribution in [1.29, 1.82) is 0 Å². The van der Waals surface area contributed by atoms with Crippen LogP contribution in [0, 0.1) is 11.8 Å². The molecule has 0 aliphatic rings. The van der Waals surface area contributed by atoms with Gasteiger partial charge in [0.2, 0.25) is 0 Å². The van der Waals surface area contributed by atoms with Crippen LogP contribution in [0.3, 0.4) is 0 Å². The lowest BCUT2D eigenvalue weighted by atomic mass is 9.89. The fourth-order valence-electron chi connectivity index (χ4n) is 1.89. The first-order valence-electron chi connectivity index (χ1n) is 6.94. The summed E-state index contributed by atoms with van der Waals surface area (Å²) in [5, 5.41) is 3.22. The van der Waals surface area contributed by atoms with E-state index >= 15 is 0 Å². The summed E-state index contributed by atoms with van der Waals surface area (Å²) in [6.45, 7) is 10.2. The monoisotopic (exact) mass is 262 g/mol. The maximum absolute atomic E-state index is 5.87. The van der Waals surface area contributed by atoms with Gasteiger partial charge in [0.25, 0.3) is 0 Å². The van der Waals surface area contributed by atoms with E-state index < -0.39 is 0 Å². The first-order valence-corrected chi connectivity index (χ1v) is 6.94. The summed E-state index contributed by atoms with van der Waals surface area (Å²) in [5.41, 5.74) is 7.11. The summed E-state index contributed by atoms with van der Waals surface area (Å²) < 4.78 is 0. The number of hydrogen-bond donors (Lipinski definition) is 2. The minimum atomic E-state index is 0.390. The average Bonchev–Trinajstić information content (AvgIpc) is 2.37. The third kappa shape index (κ3) is 5.73. The van der Waals surface area contributed by atoms with Gasteiger partial charge in [-0.15, -0.1) is 0 Å². The van der Waals surface area contributed by atoms with Crippen LogP contribution in [-0.2, 0) is 0 Å². The highest BCUT2D eigenvalue weighted by Crippen LogP contribution is 2.22. The number of aromatic nitrogens is 1. The molecule has 0 radical (unpaired) electrons. The fraction of sp³-hybridized carbons (Fsp3) is 0.600. The van der Waals surface area contributed by atoms with Gasteiger partial charge in [0.05, 0.1) is 0 Å². The van der Waals surface area contributed by atoms with Crippen molar-refractivity contribution in [3.63, 3.8) is 0 Å². The van der Waals surface area contributed by atoms with Crippen molar-refractivity contribution in [3.8, 4) is 0 Å². The lowest BCUT2D eigenvalue weighted by Crippen LogP contribution is -2.36. The molecule has 0 saturated carbocycles. The predicted octanol–water partition coefficient (Wildman–Crippen LogP) is 2.38. The second kappa shape index (κ2) is 7.77.